The number of anilines is 1. The molecule has 0 saturated carbocycles. The largest absolute Gasteiger partial charge is 0.376 e. The van der Waals surface area contributed by atoms with E-state index >= 15 is 4.39 Å². The van der Waals surface area contributed by atoms with Gasteiger partial charge in [0, 0.05) is 30.5 Å². The molecule has 7 heteroatoms. The molecule has 2 fully saturated rings. The maximum atomic E-state index is 15.3. The van der Waals surface area contributed by atoms with Crippen LogP contribution in [-0.4, -0.2) is 47.8 Å². The fraction of sp³-hybridized carbons (Fsp3) is 0.357. The predicted octanol–water partition coefficient (Wildman–Crippen LogP) is 6.24. The molecule has 1 unspecified atom stereocenters. The third-order valence-corrected chi connectivity index (χ3v) is 7.91. The van der Waals surface area contributed by atoms with Gasteiger partial charge in [-0.05, 0) is 81.3 Å². The lowest BCUT2D eigenvalue weighted by Gasteiger charge is -2.40. The molecule has 0 N–H and O–H groups in total. The van der Waals surface area contributed by atoms with Crippen LogP contribution in [0.2, 0.25) is 0 Å². The maximum absolute atomic E-state index is 15.3. The molecule has 182 valence electrons. The topological polar surface area (TPSA) is 45.1 Å². The molecule has 3 aliphatic rings. The molecule has 1 amide bonds. The summed E-state index contributed by atoms with van der Waals surface area (Å²) in [6, 6.07) is 13.0. The van der Waals surface area contributed by atoms with Crippen molar-refractivity contribution in [1.29, 1.82) is 0 Å². The van der Waals surface area contributed by atoms with Crippen LogP contribution in [0, 0.1) is 5.82 Å². The Kier molecular flexibility index (Phi) is 6.32. The summed E-state index contributed by atoms with van der Waals surface area (Å²) in [4.78, 5) is 22.4. The van der Waals surface area contributed by atoms with Crippen molar-refractivity contribution in [1.82, 2.24) is 4.90 Å². The average molecular weight is 492 g/mol. The van der Waals surface area contributed by atoms with Crippen LogP contribution in [0.5, 0.6) is 0 Å². The first-order chi connectivity index (χ1) is 16.7. The van der Waals surface area contributed by atoms with Gasteiger partial charge >= 0.3 is 0 Å². The van der Waals surface area contributed by atoms with E-state index in [1.54, 1.807) is 17.0 Å². The Balaban J connectivity index is 1.51. The third kappa shape index (κ3) is 4.67. The zero-order valence-corrected chi connectivity index (χ0v) is 21.4. The van der Waals surface area contributed by atoms with E-state index in [9.17, 15) is 4.79 Å². The van der Waals surface area contributed by atoms with E-state index in [1.807, 2.05) is 50.4 Å². The number of likely N-dealkylation sites (N-methyl/N-ethyl adjacent to an activating group) is 1. The van der Waals surface area contributed by atoms with Gasteiger partial charge in [-0.1, -0.05) is 24.3 Å². The molecule has 5 nitrogen and oxygen atoms in total. The summed E-state index contributed by atoms with van der Waals surface area (Å²) in [5.41, 5.74) is 3.90. The first-order valence-corrected chi connectivity index (χ1v) is 12.8. The highest BCUT2D eigenvalue weighted by Gasteiger charge is 2.36. The molecule has 0 bridgehead atoms. The van der Waals surface area contributed by atoms with Gasteiger partial charge in [-0.25, -0.2) is 9.38 Å². The van der Waals surface area contributed by atoms with Crippen LogP contribution in [0.4, 0.5) is 15.8 Å². The van der Waals surface area contributed by atoms with Gasteiger partial charge < -0.3 is 9.64 Å². The number of benzene rings is 2. The number of nitrogens with zero attached hydrogens (tertiary/aromatic N) is 3. The van der Waals surface area contributed by atoms with Crippen molar-refractivity contribution in [3.8, 4) is 0 Å². The summed E-state index contributed by atoms with van der Waals surface area (Å²) in [5.74, 6) is -0.510. The predicted molar refractivity (Wildman–Crippen MR) is 142 cm³/mol. The van der Waals surface area contributed by atoms with E-state index in [2.05, 4.69) is 24.8 Å². The average Bonchev–Trinajstić information content (AvgIpc) is 3.43. The molecule has 3 heterocycles. The summed E-state index contributed by atoms with van der Waals surface area (Å²) in [7, 11) is 1.98. The van der Waals surface area contributed by atoms with Crippen molar-refractivity contribution in [2.45, 2.75) is 45.3 Å². The lowest BCUT2D eigenvalue weighted by Crippen LogP contribution is -2.42. The molecule has 0 radical (unpaired) electrons. The maximum Gasteiger partial charge on any atom is 0.266 e. The van der Waals surface area contributed by atoms with Crippen LogP contribution in [0.1, 0.15) is 44.7 Å². The number of hydrogen-bond donors (Lipinski definition) is 0. The number of thioether (sulfide) groups is 1. The summed E-state index contributed by atoms with van der Waals surface area (Å²) >= 11 is 1.29. The molecule has 35 heavy (non-hydrogen) atoms. The number of para-hydroxylation sites is 1. The Morgan fingerprint density at radius 2 is 2.03 bits per heavy atom. The van der Waals surface area contributed by atoms with E-state index < -0.39 is 0 Å². The number of rotatable bonds is 4. The third-order valence-electron chi connectivity index (χ3n) is 6.90. The zero-order valence-electron chi connectivity index (χ0n) is 20.5. The second-order valence-electron chi connectivity index (χ2n) is 9.82. The summed E-state index contributed by atoms with van der Waals surface area (Å²) < 4.78 is 21.1. The Labute approximate surface area is 210 Å². The minimum Gasteiger partial charge on any atom is -0.376 e. The molecular weight excluding hydrogens is 461 g/mol. The number of halogens is 1. The SMILES string of the molecule is CC1=CC(C)(C)N(C)c2cc(F)c(/C=C3/SC(=Nc4ccccc4)N(CC4CCCO4)C3=O)cc21. The smallest absolute Gasteiger partial charge is 0.266 e. The summed E-state index contributed by atoms with van der Waals surface area (Å²) in [5, 5.41) is 0.596. The minimum absolute atomic E-state index is 0.00738. The van der Waals surface area contributed by atoms with E-state index in [4.69, 9.17) is 9.73 Å². The number of aliphatic imine (C=N–C) groups is 1. The Morgan fingerprint density at radius 1 is 1.26 bits per heavy atom. The van der Waals surface area contributed by atoms with Crippen molar-refractivity contribution >= 4 is 45.9 Å². The quantitative estimate of drug-likeness (QED) is 0.475. The van der Waals surface area contributed by atoms with Crippen LogP contribution >= 0.6 is 11.8 Å². The van der Waals surface area contributed by atoms with Gasteiger partial charge in [0.1, 0.15) is 5.82 Å². The minimum atomic E-state index is -0.346. The van der Waals surface area contributed by atoms with Crippen molar-refractivity contribution in [3.05, 3.63) is 70.4 Å². The van der Waals surface area contributed by atoms with E-state index in [0.717, 1.165) is 35.4 Å². The normalized spacial score (nSPS) is 23.9. The fourth-order valence-corrected chi connectivity index (χ4v) is 5.80. The molecule has 1 atom stereocenters. The summed E-state index contributed by atoms with van der Waals surface area (Å²) in [6.07, 6.45) is 5.75. The number of carbonyl (C=O) groups is 1. The zero-order chi connectivity index (χ0) is 24.7. The monoisotopic (exact) mass is 491 g/mol. The number of ether oxygens (including phenoxy) is 1. The molecule has 5 rings (SSSR count). The van der Waals surface area contributed by atoms with Gasteiger partial charge in [-0.2, -0.15) is 0 Å². The first kappa shape index (κ1) is 23.8. The molecule has 0 aromatic heterocycles. The first-order valence-electron chi connectivity index (χ1n) is 12.0. The molecule has 2 aromatic carbocycles. The van der Waals surface area contributed by atoms with Crippen LogP contribution < -0.4 is 4.90 Å². The van der Waals surface area contributed by atoms with Gasteiger partial charge in [-0.3, -0.25) is 9.69 Å². The number of carbonyl (C=O) groups excluding carboxylic acids is 1. The van der Waals surface area contributed by atoms with E-state index in [1.165, 1.54) is 11.8 Å². The number of amides is 1. The van der Waals surface area contributed by atoms with Crippen molar-refractivity contribution in [2.75, 3.05) is 25.1 Å². The van der Waals surface area contributed by atoms with Crippen LogP contribution in [0.15, 0.2) is 58.4 Å². The van der Waals surface area contributed by atoms with Gasteiger partial charge in [0.25, 0.3) is 5.91 Å². The van der Waals surface area contributed by atoms with Crippen LogP contribution in [0.25, 0.3) is 11.6 Å². The second-order valence-corrected chi connectivity index (χ2v) is 10.8. The van der Waals surface area contributed by atoms with E-state index in [-0.39, 0.29) is 23.4 Å². The number of hydrogen-bond acceptors (Lipinski definition) is 5. The second kappa shape index (κ2) is 9.28. The van der Waals surface area contributed by atoms with Crippen LogP contribution in [-0.2, 0) is 9.53 Å². The molecule has 3 aliphatic heterocycles. The van der Waals surface area contributed by atoms with Crippen molar-refractivity contribution in [2.24, 2.45) is 4.99 Å². The number of allylic oxidation sites excluding steroid dienone is 1. The van der Waals surface area contributed by atoms with Crippen LogP contribution in [0.3, 0.4) is 0 Å². The number of fused-ring (bicyclic) bond motifs is 1. The van der Waals surface area contributed by atoms with E-state index in [0.29, 0.717) is 28.8 Å². The highest BCUT2D eigenvalue weighted by atomic mass is 32.2. The highest BCUT2D eigenvalue weighted by Crippen LogP contribution is 2.41. The Morgan fingerprint density at radius 3 is 2.74 bits per heavy atom. The Hall–Kier alpha value is -2.90. The van der Waals surface area contributed by atoms with Gasteiger partial charge in [0.05, 0.1) is 28.8 Å². The Bertz CT molecular complexity index is 1250. The van der Waals surface area contributed by atoms with Gasteiger partial charge in [0.15, 0.2) is 5.17 Å². The molecule has 0 aliphatic carbocycles. The highest BCUT2D eigenvalue weighted by molar-refractivity contribution is 8.18. The lowest BCUT2D eigenvalue weighted by atomic mass is 9.88. The van der Waals surface area contributed by atoms with Crippen molar-refractivity contribution < 1.29 is 13.9 Å². The molecule has 0 spiro atoms. The lowest BCUT2D eigenvalue weighted by molar-refractivity contribution is -0.123. The van der Waals surface area contributed by atoms with Gasteiger partial charge in [0.2, 0.25) is 0 Å². The summed E-state index contributed by atoms with van der Waals surface area (Å²) in [6.45, 7) is 7.43. The molecular formula is C28H30FN3O2S. The van der Waals surface area contributed by atoms with Gasteiger partial charge in [-0.15, -0.1) is 0 Å². The number of amidine groups is 1. The standard InChI is InChI=1S/C28H30FN3O2S/c1-18-16-28(2,3)31(4)24-15-23(29)19(13-22(18)24)14-25-26(33)32(17-21-11-8-12-34-21)27(35-25)30-20-9-6-5-7-10-20/h5-7,9-10,13-16,21H,8,11-12,17H2,1-4H3/b25-14+,30-27?. The fourth-order valence-electron chi connectivity index (χ4n) is 4.80. The molecule has 2 aromatic rings. The molecule has 2 saturated heterocycles. The van der Waals surface area contributed by atoms with Crippen molar-refractivity contribution in [3.63, 3.8) is 0 Å².